The van der Waals surface area contributed by atoms with Crippen molar-refractivity contribution in [2.45, 2.75) is 19.2 Å². The summed E-state index contributed by atoms with van der Waals surface area (Å²) >= 11 is 0. The van der Waals surface area contributed by atoms with Gasteiger partial charge in [-0.05, 0) is 59.2 Å². The van der Waals surface area contributed by atoms with E-state index >= 15 is 0 Å². The third kappa shape index (κ3) is 5.21. The number of rotatable bonds is 8. The van der Waals surface area contributed by atoms with Crippen LogP contribution in [0.5, 0.6) is 0 Å². The highest BCUT2D eigenvalue weighted by atomic mass is 32.2. The van der Waals surface area contributed by atoms with Gasteiger partial charge in [0.15, 0.2) is 0 Å². The summed E-state index contributed by atoms with van der Waals surface area (Å²) in [5, 5.41) is 11.8. The summed E-state index contributed by atoms with van der Waals surface area (Å²) in [6, 6.07) is 27.2. The number of carbonyl (C=O) groups is 1. The molecule has 5 rings (SSSR count). The van der Waals surface area contributed by atoms with Gasteiger partial charge in [-0.1, -0.05) is 54.6 Å². The van der Waals surface area contributed by atoms with Crippen LogP contribution in [0.2, 0.25) is 0 Å². The summed E-state index contributed by atoms with van der Waals surface area (Å²) in [6.45, 7) is 2.14. The first-order valence-corrected chi connectivity index (χ1v) is 13.7. The van der Waals surface area contributed by atoms with Crippen molar-refractivity contribution in [3.63, 3.8) is 0 Å². The van der Waals surface area contributed by atoms with Crippen LogP contribution in [0.4, 0.5) is 5.69 Å². The number of aromatic nitrogens is 2. The van der Waals surface area contributed by atoms with Crippen LogP contribution in [0.15, 0.2) is 84.9 Å². The zero-order valence-corrected chi connectivity index (χ0v) is 21.4. The van der Waals surface area contributed by atoms with E-state index in [0.717, 1.165) is 16.3 Å². The number of fused-ring (bicyclic) bond motifs is 2. The number of nitriles is 1. The second-order valence-corrected chi connectivity index (χ2v) is 10.5. The molecule has 0 atom stereocenters. The van der Waals surface area contributed by atoms with E-state index in [1.807, 2.05) is 36.4 Å². The van der Waals surface area contributed by atoms with E-state index in [4.69, 9.17) is 4.74 Å². The lowest BCUT2D eigenvalue weighted by molar-refractivity contribution is 0.0515. The molecule has 2 aromatic heterocycles. The Hall–Kier alpha value is -4.68. The van der Waals surface area contributed by atoms with Crippen molar-refractivity contribution in [1.29, 1.82) is 5.26 Å². The molecule has 0 aliphatic heterocycles. The number of nitrogens with one attached hydrogen (secondary N) is 1. The van der Waals surface area contributed by atoms with Crippen molar-refractivity contribution in [2.24, 2.45) is 0 Å². The van der Waals surface area contributed by atoms with Crippen LogP contribution in [-0.4, -0.2) is 30.5 Å². The standard InChI is InChI=1S/C29H24N4O4S/c1-2-37-29(34)27-16-22-12-13-24(17-30)31-28(22)33(27)18-23-15-25(14-21-10-6-7-11-26(21)23)32-38(35,36)19-20-8-4-3-5-9-20/h3-16,32H,2,18-19H2,1H3. The molecule has 5 aromatic rings. The third-order valence-corrected chi connectivity index (χ3v) is 7.35. The predicted molar refractivity (Wildman–Crippen MR) is 146 cm³/mol. The number of nitrogens with zero attached hydrogens (tertiary/aromatic N) is 3. The van der Waals surface area contributed by atoms with Crippen LogP contribution in [0.3, 0.4) is 0 Å². The molecule has 0 unspecified atom stereocenters. The zero-order chi connectivity index (χ0) is 26.7. The van der Waals surface area contributed by atoms with E-state index in [2.05, 4.69) is 9.71 Å². The zero-order valence-electron chi connectivity index (χ0n) is 20.6. The summed E-state index contributed by atoms with van der Waals surface area (Å²) in [5.41, 5.74) is 2.84. The Balaban J connectivity index is 1.60. The summed E-state index contributed by atoms with van der Waals surface area (Å²) < 4.78 is 35.6. The monoisotopic (exact) mass is 524 g/mol. The van der Waals surface area contributed by atoms with Crippen LogP contribution in [0.1, 0.15) is 34.2 Å². The highest BCUT2D eigenvalue weighted by Crippen LogP contribution is 2.28. The quantitative estimate of drug-likeness (QED) is 0.278. The molecule has 38 heavy (non-hydrogen) atoms. The van der Waals surface area contributed by atoms with Gasteiger partial charge in [0.25, 0.3) is 0 Å². The lowest BCUT2D eigenvalue weighted by Gasteiger charge is -2.15. The van der Waals surface area contributed by atoms with Gasteiger partial charge in [0.05, 0.1) is 18.9 Å². The lowest BCUT2D eigenvalue weighted by atomic mass is 10.0. The number of benzene rings is 3. The maximum Gasteiger partial charge on any atom is 0.355 e. The van der Waals surface area contributed by atoms with Crippen LogP contribution in [0, 0.1) is 11.3 Å². The molecular formula is C29H24N4O4S. The molecule has 1 N–H and O–H groups in total. The summed E-state index contributed by atoms with van der Waals surface area (Å²) in [4.78, 5) is 17.3. The van der Waals surface area contributed by atoms with Gasteiger partial charge >= 0.3 is 5.97 Å². The smallest absolute Gasteiger partial charge is 0.355 e. The van der Waals surface area contributed by atoms with Gasteiger partial charge in [0.2, 0.25) is 10.0 Å². The molecule has 0 saturated heterocycles. The Morgan fingerprint density at radius 3 is 2.53 bits per heavy atom. The van der Waals surface area contributed by atoms with Gasteiger partial charge in [0.1, 0.15) is 23.1 Å². The molecule has 3 aromatic carbocycles. The van der Waals surface area contributed by atoms with Crippen LogP contribution < -0.4 is 4.72 Å². The molecule has 8 nitrogen and oxygen atoms in total. The predicted octanol–water partition coefficient (Wildman–Crippen LogP) is 5.23. The van der Waals surface area contributed by atoms with Crippen LogP contribution >= 0.6 is 0 Å². The highest BCUT2D eigenvalue weighted by molar-refractivity contribution is 7.91. The molecule has 0 radical (unpaired) electrons. The van der Waals surface area contributed by atoms with Crippen molar-refractivity contribution < 1.29 is 17.9 Å². The molecule has 0 bridgehead atoms. The molecule has 0 spiro atoms. The van der Waals surface area contributed by atoms with Crippen LogP contribution in [0.25, 0.3) is 21.8 Å². The van der Waals surface area contributed by atoms with Gasteiger partial charge in [-0.2, -0.15) is 5.26 Å². The number of carbonyl (C=O) groups excluding carboxylic acids is 1. The lowest BCUT2D eigenvalue weighted by Crippen LogP contribution is -2.16. The number of esters is 1. The van der Waals surface area contributed by atoms with E-state index in [0.29, 0.717) is 28.0 Å². The molecule has 0 aliphatic rings. The minimum Gasteiger partial charge on any atom is -0.461 e. The Bertz CT molecular complexity index is 1810. The van der Waals surface area contributed by atoms with E-state index in [1.165, 1.54) is 0 Å². The van der Waals surface area contributed by atoms with Crippen molar-refractivity contribution in [3.05, 3.63) is 107 Å². The Labute approximate surface area is 220 Å². The van der Waals surface area contributed by atoms with Crippen molar-refractivity contribution in [2.75, 3.05) is 11.3 Å². The number of hydrogen-bond acceptors (Lipinski definition) is 6. The number of anilines is 1. The Morgan fingerprint density at radius 2 is 1.76 bits per heavy atom. The molecule has 0 saturated carbocycles. The first-order valence-electron chi connectivity index (χ1n) is 12.0. The largest absolute Gasteiger partial charge is 0.461 e. The summed E-state index contributed by atoms with van der Waals surface area (Å²) in [6.07, 6.45) is 0. The molecule has 9 heteroatoms. The fraction of sp³-hybridized carbons (Fsp3) is 0.138. The third-order valence-electron chi connectivity index (χ3n) is 6.09. The first kappa shape index (κ1) is 25.0. The second-order valence-electron chi connectivity index (χ2n) is 8.76. The SMILES string of the molecule is CCOC(=O)c1cc2ccc(C#N)nc2n1Cc1cc(NS(=O)(=O)Cc2ccccc2)cc2ccccc12. The maximum atomic E-state index is 13.0. The molecular weight excluding hydrogens is 500 g/mol. The maximum absolute atomic E-state index is 13.0. The highest BCUT2D eigenvalue weighted by Gasteiger charge is 2.20. The summed E-state index contributed by atoms with van der Waals surface area (Å²) in [7, 11) is -3.69. The van der Waals surface area contributed by atoms with Crippen LogP contribution in [-0.2, 0) is 27.1 Å². The Kier molecular flexibility index (Phi) is 6.81. The topological polar surface area (TPSA) is 114 Å². The molecule has 190 valence electrons. The van der Waals surface area contributed by atoms with Gasteiger partial charge in [0, 0.05) is 11.1 Å². The number of ether oxygens (including phenoxy) is 1. The molecule has 0 aliphatic carbocycles. The van der Waals surface area contributed by atoms with Gasteiger partial charge < -0.3 is 9.30 Å². The van der Waals surface area contributed by atoms with Gasteiger partial charge in [-0.15, -0.1) is 0 Å². The normalized spacial score (nSPS) is 11.4. The average Bonchev–Trinajstić information content (AvgIpc) is 3.26. The molecule has 2 heterocycles. The molecule has 0 fully saturated rings. The second kappa shape index (κ2) is 10.4. The average molecular weight is 525 g/mol. The minimum atomic E-state index is -3.69. The van der Waals surface area contributed by atoms with Gasteiger partial charge in [-0.3, -0.25) is 4.72 Å². The van der Waals surface area contributed by atoms with E-state index in [-0.39, 0.29) is 24.6 Å². The fourth-order valence-electron chi connectivity index (χ4n) is 4.48. The van der Waals surface area contributed by atoms with E-state index < -0.39 is 16.0 Å². The number of hydrogen-bond donors (Lipinski definition) is 1. The van der Waals surface area contributed by atoms with Crippen molar-refractivity contribution in [3.8, 4) is 6.07 Å². The first-order chi connectivity index (χ1) is 18.4. The van der Waals surface area contributed by atoms with E-state index in [1.54, 1.807) is 66.1 Å². The van der Waals surface area contributed by atoms with Gasteiger partial charge in [-0.25, -0.2) is 18.2 Å². The van der Waals surface area contributed by atoms with Crippen molar-refractivity contribution >= 4 is 43.5 Å². The fourth-order valence-corrected chi connectivity index (χ4v) is 5.66. The van der Waals surface area contributed by atoms with E-state index in [9.17, 15) is 18.5 Å². The Morgan fingerprint density at radius 1 is 1.00 bits per heavy atom. The summed E-state index contributed by atoms with van der Waals surface area (Å²) in [5.74, 6) is -0.667. The molecule has 0 amide bonds. The number of pyridine rings is 1. The van der Waals surface area contributed by atoms with Crippen molar-refractivity contribution in [1.82, 2.24) is 9.55 Å². The number of sulfonamides is 1. The minimum absolute atomic E-state index is 0.161.